The van der Waals surface area contributed by atoms with Crippen molar-refractivity contribution >= 4 is 28.9 Å². The molecule has 0 aliphatic rings. The highest BCUT2D eigenvalue weighted by molar-refractivity contribution is 6.00. The fourth-order valence-corrected chi connectivity index (χ4v) is 3.07. The number of carbonyl (C=O) groups is 2. The molecule has 0 radical (unpaired) electrons. The van der Waals surface area contributed by atoms with Gasteiger partial charge in [-0.05, 0) is 49.4 Å². The number of nitrogens with one attached hydrogen (secondary N) is 3. The predicted octanol–water partition coefficient (Wildman–Crippen LogP) is 3.30. The highest BCUT2D eigenvalue weighted by Crippen LogP contribution is 2.28. The third kappa shape index (κ3) is 5.82. The predicted molar refractivity (Wildman–Crippen MR) is 125 cm³/mol. The molecule has 10 heteroatoms. The van der Waals surface area contributed by atoms with Gasteiger partial charge in [0.25, 0.3) is 17.5 Å². The lowest BCUT2D eigenvalue weighted by atomic mass is 10.1. The third-order valence-corrected chi connectivity index (χ3v) is 4.87. The highest BCUT2D eigenvalue weighted by atomic mass is 16.6. The lowest BCUT2D eigenvalue weighted by molar-refractivity contribution is -0.384. The topological polar surface area (TPSA) is 130 Å². The summed E-state index contributed by atoms with van der Waals surface area (Å²) in [6.07, 6.45) is 1.64. The van der Waals surface area contributed by atoms with Crippen molar-refractivity contribution in [3.8, 4) is 0 Å². The minimum atomic E-state index is -0.681. The maximum Gasteiger partial charge on any atom is 0.293 e. The number of hydrogen-bond acceptors (Lipinski definition) is 7. The largest absolute Gasteiger partial charge is 0.378 e. The van der Waals surface area contributed by atoms with Gasteiger partial charge in [0, 0.05) is 43.2 Å². The Hall–Kier alpha value is -4.47. The van der Waals surface area contributed by atoms with Gasteiger partial charge in [0.1, 0.15) is 5.69 Å². The number of nitro groups is 1. The van der Waals surface area contributed by atoms with Crippen LogP contribution in [0.25, 0.3) is 0 Å². The summed E-state index contributed by atoms with van der Waals surface area (Å²) >= 11 is 0. The summed E-state index contributed by atoms with van der Waals surface area (Å²) < 4.78 is 0. The molecule has 0 fully saturated rings. The van der Waals surface area contributed by atoms with Crippen molar-refractivity contribution in [1.82, 2.24) is 15.8 Å². The first kappa shape index (κ1) is 23.2. The Morgan fingerprint density at radius 2 is 1.67 bits per heavy atom. The molecular formula is C23H24N6O4. The quantitative estimate of drug-likeness (QED) is 0.373. The zero-order chi connectivity index (χ0) is 24.0. The van der Waals surface area contributed by atoms with Crippen molar-refractivity contribution in [2.24, 2.45) is 0 Å². The summed E-state index contributed by atoms with van der Waals surface area (Å²) in [6.45, 7) is 1.83. The van der Waals surface area contributed by atoms with Crippen LogP contribution in [-0.2, 0) is 0 Å². The monoisotopic (exact) mass is 448 g/mol. The van der Waals surface area contributed by atoms with Crippen LogP contribution in [0.4, 0.5) is 17.1 Å². The molecule has 0 saturated heterocycles. The fourth-order valence-electron chi connectivity index (χ4n) is 3.07. The number of nitrogens with zero attached hydrogens (tertiary/aromatic N) is 3. The van der Waals surface area contributed by atoms with Gasteiger partial charge in [0.2, 0.25) is 0 Å². The molecule has 33 heavy (non-hydrogen) atoms. The molecule has 0 aliphatic heterocycles. The van der Waals surface area contributed by atoms with Crippen molar-refractivity contribution in [1.29, 1.82) is 0 Å². The van der Waals surface area contributed by atoms with Gasteiger partial charge in [-0.25, -0.2) is 0 Å². The third-order valence-electron chi connectivity index (χ3n) is 4.87. The summed E-state index contributed by atoms with van der Waals surface area (Å²) in [5, 5.41) is 14.6. The van der Waals surface area contributed by atoms with Crippen LogP contribution < -0.4 is 21.1 Å². The molecule has 1 atom stereocenters. The van der Waals surface area contributed by atoms with Crippen molar-refractivity contribution in [2.45, 2.75) is 13.0 Å². The number of rotatable bonds is 7. The maximum absolute atomic E-state index is 12.5. The van der Waals surface area contributed by atoms with Gasteiger partial charge in [-0.15, -0.1) is 0 Å². The maximum atomic E-state index is 12.5. The lowest BCUT2D eigenvalue weighted by Crippen LogP contribution is -2.41. The van der Waals surface area contributed by atoms with Crippen LogP contribution in [0.5, 0.6) is 0 Å². The standard InChI is InChI=1S/C23H24N6O4/c1-15(19-9-4-5-12-24-19)25-20-11-10-17(14-21(20)29(32)33)23(31)27-26-22(30)16-7-6-8-18(13-16)28(2)3/h4-15,25H,1-3H3,(H,26,30)(H,27,31). The van der Waals surface area contributed by atoms with Crippen LogP contribution in [0, 0.1) is 10.1 Å². The van der Waals surface area contributed by atoms with Crippen molar-refractivity contribution in [3.05, 3.63) is 93.8 Å². The first-order chi connectivity index (χ1) is 15.8. The van der Waals surface area contributed by atoms with E-state index < -0.39 is 16.7 Å². The Bertz CT molecular complexity index is 1170. The molecule has 1 unspecified atom stereocenters. The molecule has 3 N–H and O–H groups in total. The Kier molecular flexibility index (Phi) is 7.19. The fraction of sp³-hybridized carbons (Fsp3) is 0.174. The summed E-state index contributed by atoms with van der Waals surface area (Å²) in [5.41, 5.74) is 6.53. The first-order valence-electron chi connectivity index (χ1n) is 10.1. The molecule has 1 heterocycles. The smallest absolute Gasteiger partial charge is 0.293 e. The summed E-state index contributed by atoms with van der Waals surface area (Å²) in [7, 11) is 3.70. The second kappa shape index (κ2) is 10.2. The molecule has 3 aromatic rings. The van der Waals surface area contributed by atoms with E-state index in [0.29, 0.717) is 5.56 Å². The van der Waals surface area contributed by atoms with Crippen LogP contribution in [0.15, 0.2) is 66.9 Å². The van der Waals surface area contributed by atoms with E-state index in [-0.39, 0.29) is 23.0 Å². The molecule has 0 saturated carbocycles. The molecule has 3 rings (SSSR count). The summed E-state index contributed by atoms with van der Waals surface area (Å²) in [4.78, 5) is 42.0. The minimum absolute atomic E-state index is 0.0279. The summed E-state index contributed by atoms with van der Waals surface area (Å²) in [6, 6.07) is 16.0. The van der Waals surface area contributed by atoms with E-state index >= 15 is 0 Å². The molecular weight excluding hydrogens is 424 g/mol. The Labute approximate surface area is 190 Å². The van der Waals surface area contributed by atoms with Crippen molar-refractivity contribution in [3.63, 3.8) is 0 Å². The Balaban J connectivity index is 1.70. The van der Waals surface area contributed by atoms with E-state index in [9.17, 15) is 19.7 Å². The summed E-state index contributed by atoms with van der Waals surface area (Å²) in [5.74, 6) is -1.19. The number of aromatic nitrogens is 1. The zero-order valence-corrected chi connectivity index (χ0v) is 18.4. The number of hydrogen-bond donors (Lipinski definition) is 3. The number of anilines is 2. The zero-order valence-electron chi connectivity index (χ0n) is 18.4. The molecule has 10 nitrogen and oxygen atoms in total. The van der Waals surface area contributed by atoms with Crippen LogP contribution in [-0.4, -0.2) is 35.8 Å². The Morgan fingerprint density at radius 1 is 0.970 bits per heavy atom. The lowest BCUT2D eigenvalue weighted by Gasteiger charge is -2.15. The average molecular weight is 448 g/mol. The van der Waals surface area contributed by atoms with Crippen molar-refractivity contribution < 1.29 is 14.5 Å². The van der Waals surface area contributed by atoms with E-state index in [1.54, 1.807) is 30.5 Å². The molecule has 170 valence electrons. The number of hydrazine groups is 1. The number of benzene rings is 2. The van der Waals surface area contributed by atoms with Gasteiger partial charge in [0.05, 0.1) is 16.7 Å². The molecule has 2 amide bonds. The van der Waals surface area contributed by atoms with E-state index in [4.69, 9.17) is 0 Å². The highest BCUT2D eigenvalue weighted by Gasteiger charge is 2.20. The van der Waals surface area contributed by atoms with E-state index in [1.807, 2.05) is 44.1 Å². The number of amides is 2. The van der Waals surface area contributed by atoms with E-state index in [1.165, 1.54) is 12.1 Å². The van der Waals surface area contributed by atoms with Crippen LogP contribution in [0.2, 0.25) is 0 Å². The van der Waals surface area contributed by atoms with Gasteiger partial charge in [0.15, 0.2) is 0 Å². The van der Waals surface area contributed by atoms with Gasteiger partial charge >= 0.3 is 0 Å². The molecule has 0 aliphatic carbocycles. The molecule has 2 aromatic carbocycles. The molecule has 0 bridgehead atoms. The van der Waals surface area contributed by atoms with Gasteiger partial charge in [-0.3, -0.25) is 35.5 Å². The number of carbonyl (C=O) groups excluding carboxylic acids is 2. The second-order valence-corrected chi connectivity index (χ2v) is 7.46. The van der Waals surface area contributed by atoms with Crippen molar-refractivity contribution in [2.75, 3.05) is 24.3 Å². The average Bonchev–Trinajstić information content (AvgIpc) is 2.82. The normalized spacial score (nSPS) is 11.2. The van der Waals surface area contributed by atoms with Gasteiger partial charge < -0.3 is 10.2 Å². The number of nitro benzene ring substituents is 1. The second-order valence-electron chi connectivity index (χ2n) is 7.46. The first-order valence-corrected chi connectivity index (χ1v) is 10.1. The van der Waals surface area contributed by atoms with E-state index in [2.05, 4.69) is 21.2 Å². The van der Waals surface area contributed by atoms with Crippen LogP contribution >= 0.6 is 0 Å². The number of pyridine rings is 1. The minimum Gasteiger partial charge on any atom is -0.378 e. The SMILES string of the molecule is CC(Nc1ccc(C(=O)NNC(=O)c2cccc(N(C)C)c2)cc1[N+](=O)[O-])c1ccccn1. The molecule has 0 spiro atoms. The van der Waals surface area contributed by atoms with Crippen LogP contribution in [0.1, 0.15) is 39.4 Å². The Morgan fingerprint density at radius 3 is 2.27 bits per heavy atom. The molecule has 1 aromatic heterocycles. The van der Waals surface area contributed by atoms with E-state index in [0.717, 1.165) is 17.4 Å². The van der Waals surface area contributed by atoms with Gasteiger partial charge in [-0.1, -0.05) is 12.1 Å². The van der Waals surface area contributed by atoms with Gasteiger partial charge in [-0.2, -0.15) is 0 Å². The van der Waals surface area contributed by atoms with Crippen LogP contribution in [0.3, 0.4) is 0 Å².